The summed E-state index contributed by atoms with van der Waals surface area (Å²) in [6.07, 6.45) is 0. The second-order valence-corrected chi connectivity index (χ2v) is 5.37. The largest absolute Gasteiger partial charge is 0.382 e. The molecular formula is C8H11ClO3S2. The average Bonchev–Trinajstić information content (AvgIpc) is 2.60. The highest BCUT2D eigenvalue weighted by molar-refractivity contribution is 8.09. The maximum atomic E-state index is 11.0. The van der Waals surface area contributed by atoms with Crippen LogP contribution in [0, 0.1) is 0 Å². The summed E-state index contributed by atoms with van der Waals surface area (Å²) in [5.74, 6) is 0. The molecule has 0 aliphatic rings. The van der Waals surface area contributed by atoms with Crippen molar-refractivity contribution in [3.05, 3.63) is 17.0 Å². The summed E-state index contributed by atoms with van der Waals surface area (Å²) in [7, 11) is 5.67. The second kappa shape index (κ2) is 6.53. The van der Waals surface area contributed by atoms with Gasteiger partial charge in [-0.2, -0.15) is 0 Å². The monoisotopic (exact) mass is 254 g/mol. The van der Waals surface area contributed by atoms with Crippen LogP contribution in [0.2, 0.25) is 0 Å². The Bertz CT molecular complexity index is 301. The minimum absolute atomic E-state index is 0.431. The van der Waals surface area contributed by atoms with Crippen molar-refractivity contribution in [2.24, 2.45) is 0 Å². The minimum atomic E-state index is -1.44. The zero-order chi connectivity index (χ0) is 10.4. The van der Waals surface area contributed by atoms with Gasteiger partial charge in [0.15, 0.2) is 10.0 Å². The van der Waals surface area contributed by atoms with Gasteiger partial charge in [-0.15, -0.1) is 11.3 Å². The fraction of sp³-hybridized carbons (Fsp3) is 0.500. The predicted octanol–water partition coefficient (Wildman–Crippen LogP) is 2.17. The quantitative estimate of drug-likeness (QED) is 0.577. The minimum Gasteiger partial charge on any atom is -0.382 e. The Morgan fingerprint density at radius 2 is 2.36 bits per heavy atom. The molecule has 0 saturated heterocycles. The molecule has 14 heavy (non-hydrogen) atoms. The van der Waals surface area contributed by atoms with Crippen LogP contribution in [-0.2, 0) is 26.1 Å². The van der Waals surface area contributed by atoms with Crippen LogP contribution in [0.1, 0.15) is 5.56 Å². The van der Waals surface area contributed by atoms with Crippen molar-refractivity contribution in [3.63, 3.8) is 0 Å². The number of thiophene rings is 1. The Balaban J connectivity index is 2.42. The molecule has 0 aliphatic carbocycles. The summed E-state index contributed by atoms with van der Waals surface area (Å²) >= 11 is 1.38. The summed E-state index contributed by atoms with van der Waals surface area (Å²) < 4.78 is 21.8. The molecule has 0 fully saturated rings. The predicted molar refractivity (Wildman–Crippen MR) is 58.1 cm³/mol. The Morgan fingerprint density at radius 3 is 3.00 bits per heavy atom. The number of halogens is 1. The highest BCUT2D eigenvalue weighted by atomic mass is 35.7. The molecule has 0 bridgehead atoms. The van der Waals surface area contributed by atoms with Crippen LogP contribution in [0.3, 0.4) is 0 Å². The van der Waals surface area contributed by atoms with Gasteiger partial charge in [0, 0.05) is 12.7 Å². The van der Waals surface area contributed by atoms with Gasteiger partial charge >= 0.3 is 0 Å². The molecule has 3 nitrogen and oxygen atoms in total. The topological polar surface area (TPSA) is 35.5 Å². The first-order chi connectivity index (χ1) is 6.75. The van der Waals surface area contributed by atoms with Crippen molar-refractivity contribution < 1.29 is 13.7 Å². The molecule has 0 aliphatic heterocycles. The molecule has 0 aromatic carbocycles. The highest BCUT2D eigenvalue weighted by Gasteiger charge is 2.09. The van der Waals surface area contributed by atoms with Gasteiger partial charge in [-0.3, -0.25) is 0 Å². The maximum Gasteiger partial charge on any atom is 0.158 e. The lowest BCUT2D eigenvalue weighted by Gasteiger charge is -2.02. The third kappa shape index (κ3) is 3.67. The van der Waals surface area contributed by atoms with E-state index in [0.717, 1.165) is 5.56 Å². The number of hydrogen-bond acceptors (Lipinski definition) is 4. The van der Waals surface area contributed by atoms with Gasteiger partial charge in [-0.25, -0.2) is 4.21 Å². The summed E-state index contributed by atoms with van der Waals surface area (Å²) in [5.41, 5.74) is 0.888. The smallest absolute Gasteiger partial charge is 0.158 e. The van der Waals surface area contributed by atoms with Crippen LogP contribution in [0.5, 0.6) is 0 Å². The third-order valence-corrected chi connectivity index (χ3v) is 4.32. The zero-order valence-corrected chi connectivity index (χ0v) is 10.1. The summed E-state index contributed by atoms with van der Waals surface area (Å²) in [6.45, 7) is 1.52. The molecule has 1 unspecified atom stereocenters. The third-order valence-electron chi connectivity index (χ3n) is 1.54. The van der Waals surface area contributed by atoms with E-state index in [1.165, 1.54) is 11.3 Å². The Labute approximate surface area is 93.9 Å². The molecular weight excluding hydrogens is 244 g/mol. The maximum absolute atomic E-state index is 11.0. The highest BCUT2D eigenvalue weighted by Crippen LogP contribution is 2.23. The number of ether oxygens (including phenoxy) is 2. The molecule has 0 spiro atoms. The van der Waals surface area contributed by atoms with E-state index in [2.05, 4.69) is 0 Å². The molecule has 80 valence electrons. The van der Waals surface area contributed by atoms with Crippen LogP contribution in [0.15, 0.2) is 15.7 Å². The van der Waals surface area contributed by atoms with Crippen molar-refractivity contribution in [1.29, 1.82) is 0 Å². The molecule has 0 amide bonds. The SMILES string of the molecule is COCCOCc1ccsc1S(=O)Cl. The van der Waals surface area contributed by atoms with Crippen molar-refractivity contribution in [2.45, 2.75) is 10.8 Å². The van der Waals surface area contributed by atoms with Gasteiger partial charge in [-0.1, -0.05) is 0 Å². The lowest BCUT2D eigenvalue weighted by atomic mass is 10.4. The van der Waals surface area contributed by atoms with Gasteiger partial charge in [0.1, 0.15) is 4.21 Å². The van der Waals surface area contributed by atoms with E-state index >= 15 is 0 Å². The fourth-order valence-corrected chi connectivity index (χ4v) is 2.96. The molecule has 6 heteroatoms. The second-order valence-electron chi connectivity index (χ2n) is 2.50. The Hall–Kier alpha value is 0.0600. The van der Waals surface area contributed by atoms with Crippen molar-refractivity contribution in [1.82, 2.24) is 0 Å². The molecule has 1 heterocycles. The summed E-state index contributed by atoms with van der Waals surface area (Å²) in [6, 6.07) is 1.87. The summed E-state index contributed by atoms with van der Waals surface area (Å²) in [4.78, 5) is 0. The lowest BCUT2D eigenvalue weighted by molar-refractivity contribution is 0.0610. The molecule has 1 atom stereocenters. The van der Waals surface area contributed by atoms with Crippen molar-refractivity contribution >= 4 is 32.0 Å². The van der Waals surface area contributed by atoms with E-state index in [1.807, 2.05) is 11.4 Å². The average molecular weight is 255 g/mol. The van der Waals surface area contributed by atoms with Gasteiger partial charge in [0.2, 0.25) is 0 Å². The van der Waals surface area contributed by atoms with Crippen molar-refractivity contribution in [2.75, 3.05) is 20.3 Å². The van der Waals surface area contributed by atoms with Crippen LogP contribution in [0.25, 0.3) is 0 Å². The van der Waals surface area contributed by atoms with Gasteiger partial charge < -0.3 is 9.47 Å². The zero-order valence-electron chi connectivity index (χ0n) is 7.70. The normalized spacial score (nSPS) is 13.0. The standard InChI is InChI=1S/C8H11ClO3S2/c1-11-3-4-12-6-7-2-5-13-8(7)14(9)10/h2,5H,3-4,6H2,1H3. The van der Waals surface area contributed by atoms with Gasteiger partial charge in [0.05, 0.1) is 19.8 Å². The first kappa shape index (κ1) is 12.1. The van der Waals surface area contributed by atoms with E-state index in [0.29, 0.717) is 24.0 Å². The fourth-order valence-electron chi connectivity index (χ4n) is 0.894. The van der Waals surface area contributed by atoms with Gasteiger partial charge in [-0.05, 0) is 22.1 Å². The van der Waals surface area contributed by atoms with E-state index in [1.54, 1.807) is 7.11 Å². The van der Waals surface area contributed by atoms with E-state index in [-0.39, 0.29) is 0 Å². The van der Waals surface area contributed by atoms with Crippen LogP contribution >= 0.6 is 22.0 Å². The van der Waals surface area contributed by atoms with Crippen molar-refractivity contribution in [3.8, 4) is 0 Å². The van der Waals surface area contributed by atoms with Crippen LogP contribution in [-0.4, -0.2) is 24.5 Å². The number of hydrogen-bond donors (Lipinski definition) is 0. The first-order valence-corrected chi connectivity index (χ1v) is 6.82. The van der Waals surface area contributed by atoms with Gasteiger partial charge in [0.25, 0.3) is 0 Å². The van der Waals surface area contributed by atoms with E-state index in [9.17, 15) is 4.21 Å². The molecule has 1 rings (SSSR count). The molecule has 0 N–H and O–H groups in total. The van der Waals surface area contributed by atoms with Crippen LogP contribution < -0.4 is 0 Å². The first-order valence-electron chi connectivity index (χ1n) is 3.96. The molecule has 0 radical (unpaired) electrons. The Morgan fingerprint density at radius 1 is 1.57 bits per heavy atom. The summed E-state index contributed by atoms with van der Waals surface area (Å²) in [5, 5.41) is 1.85. The molecule has 1 aromatic rings. The van der Waals surface area contributed by atoms with E-state index in [4.69, 9.17) is 20.2 Å². The lowest BCUT2D eigenvalue weighted by Crippen LogP contribution is -2.02. The number of methoxy groups -OCH3 is 1. The number of rotatable bonds is 6. The van der Waals surface area contributed by atoms with Crippen LogP contribution in [0.4, 0.5) is 0 Å². The molecule has 0 saturated carbocycles. The Kier molecular flexibility index (Phi) is 5.66. The van der Waals surface area contributed by atoms with E-state index < -0.39 is 10.0 Å². The molecule has 1 aromatic heterocycles.